The van der Waals surface area contributed by atoms with Gasteiger partial charge in [0.05, 0.1) is 0 Å². The van der Waals surface area contributed by atoms with E-state index in [1.54, 1.807) is 0 Å². The number of hydrogen-bond acceptors (Lipinski definition) is 2. The Morgan fingerprint density at radius 1 is 1.64 bits per heavy atom. The lowest BCUT2D eigenvalue weighted by Gasteiger charge is -2.06. The first-order valence-electron chi connectivity index (χ1n) is 3.49. The van der Waals surface area contributed by atoms with Crippen molar-refractivity contribution in [2.24, 2.45) is 5.92 Å². The van der Waals surface area contributed by atoms with E-state index < -0.39 is 5.97 Å². The molecule has 4 heteroatoms. The molecule has 0 aromatic carbocycles. The van der Waals surface area contributed by atoms with Crippen molar-refractivity contribution in [1.29, 1.82) is 0 Å². The highest BCUT2D eigenvalue weighted by Gasteiger charge is 2.39. The summed E-state index contributed by atoms with van der Waals surface area (Å²) in [7, 11) is 3.99. The van der Waals surface area contributed by atoms with Gasteiger partial charge in [0.2, 0.25) is 0 Å². The molecule has 3 nitrogen and oxygen atoms in total. The molecule has 0 aromatic rings. The number of carboxylic acid groups (broad SMARTS) is 1. The molecule has 0 spiro atoms. The van der Waals surface area contributed by atoms with Gasteiger partial charge < -0.3 is 10.0 Å². The molecule has 1 fully saturated rings. The van der Waals surface area contributed by atoms with E-state index in [0.717, 1.165) is 6.42 Å². The molecule has 0 heterocycles. The summed E-state index contributed by atoms with van der Waals surface area (Å²) >= 11 is 0. The lowest BCUT2D eigenvalue weighted by molar-refractivity contribution is -0.137. The van der Waals surface area contributed by atoms with Gasteiger partial charge in [-0.2, -0.15) is 0 Å². The molecule has 1 rings (SSSR count). The average molecular weight is 180 g/mol. The SMILES string of the molecule is CN(C)[C@@H]1C[C@H]1CC(=O)O.Cl. The molecule has 0 amide bonds. The maximum atomic E-state index is 10.2. The summed E-state index contributed by atoms with van der Waals surface area (Å²) < 4.78 is 0. The second kappa shape index (κ2) is 3.93. The van der Waals surface area contributed by atoms with E-state index in [1.807, 2.05) is 14.1 Å². The van der Waals surface area contributed by atoms with Crippen LogP contribution in [0.4, 0.5) is 0 Å². The smallest absolute Gasteiger partial charge is 0.303 e. The molecule has 1 aliphatic carbocycles. The van der Waals surface area contributed by atoms with Crippen molar-refractivity contribution >= 4 is 18.4 Å². The maximum absolute atomic E-state index is 10.2. The average Bonchev–Trinajstić information content (AvgIpc) is 2.43. The Balaban J connectivity index is 0.000001000. The second-order valence-corrected chi connectivity index (χ2v) is 3.12. The first-order valence-corrected chi connectivity index (χ1v) is 3.49. The molecule has 0 saturated heterocycles. The van der Waals surface area contributed by atoms with Crippen molar-refractivity contribution in [2.75, 3.05) is 14.1 Å². The zero-order valence-corrected chi connectivity index (χ0v) is 7.60. The Morgan fingerprint density at radius 3 is 2.45 bits per heavy atom. The predicted molar refractivity (Wildman–Crippen MR) is 45.1 cm³/mol. The topological polar surface area (TPSA) is 40.5 Å². The van der Waals surface area contributed by atoms with E-state index in [0.29, 0.717) is 18.4 Å². The zero-order chi connectivity index (χ0) is 7.72. The Labute approximate surface area is 72.8 Å². The fourth-order valence-corrected chi connectivity index (χ4v) is 1.31. The monoisotopic (exact) mass is 179 g/mol. The Bertz CT molecular complexity index is 149. The number of carbonyl (C=O) groups is 1. The van der Waals surface area contributed by atoms with Gasteiger partial charge in [0, 0.05) is 12.5 Å². The van der Waals surface area contributed by atoms with Crippen LogP contribution in [-0.4, -0.2) is 36.1 Å². The molecule has 0 aliphatic heterocycles. The summed E-state index contributed by atoms with van der Waals surface area (Å²) in [5, 5.41) is 8.40. The van der Waals surface area contributed by atoms with Crippen LogP contribution in [-0.2, 0) is 4.79 Å². The summed E-state index contributed by atoms with van der Waals surface area (Å²) in [4.78, 5) is 12.3. The summed E-state index contributed by atoms with van der Waals surface area (Å²) in [6, 6.07) is 0.524. The number of rotatable bonds is 3. The minimum Gasteiger partial charge on any atom is -0.481 e. The first-order chi connectivity index (χ1) is 4.61. The van der Waals surface area contributed by atoms with Crippen LogP contribution in [0.1, 0.15) is 12.8 Å². The number of nitrogens with zero attached hydrogens (tertiary/aromatic N) is 1. The van der Waals surface area contributed by atoms with Gasteiger partial charge in [-0.3, -0.25) is 4.79 Å². The molecule has 66 valence electrons. The van der Waals surface area contributed by atoms with E-state index in [2.05, 4.69) is 4.90 Å². The van der Waals surface area contributed by atoms with E-state index >= 15 is 0 Å². The van der Waals surface area contributed by atoms with Gasteiger partial charge in [-0.05, 0) is 26.4 Å². The number of halogens is 1. The van der Waals surface area contributed by atoms with Crippen molar-refractivity contribution in [2.45, 2.75) is 18.9 Å². The van der Waals surface area contributed by atoms with Crippen LogP contribution >= 0.6 is 12.4 Å². The highest BCUT2D eigenvalue weighted by atomic mass is 35.5. The van der Waals surface area contributed by atoms with Crippen molar-refractivity contribution in [3.8, 4) is 0 Å². The highest BCUT2D eigenvalue weighted by Crippen LogP contribution is 2.36. The molecule has 0 bridgehead atoms. The van der Waals surface area contributed by atoms with Gasteiger partial charge in [-0.25, -0.2) is 0 Å². The van der Waals surface area contributed by atoms with Crippen molar-refractivity contribution < 1.29 is 9.90 Å². The van der Waals surface area contributed by atoms with Gasteiger partial charge in [-0.15, -0.1) is 12.4 Å². The van der Waals surface area contributed by atoms with Crippen LogP contribution in [0.25, 0.3) is 0 Å². The third kappa shape index (κ3) is 3.08. The zero-order valence-electron chi connectivity index (χ0n) is 6.78. The molecule has 2 atom stereocenters. The van der Waals surface area contributed by atoms with Gasteiger partial charge in [0.15, 0.2) is 0 Å². The molecule has 0 radical (unpaired) electrons. The first kappa shape index (κ1) is 10.7. The standard InChI is InChI=1S/C7H13NO2.ClH/c1-8(2)6-3-5(6)4-7(9)10;/h5-6H,3-4H2,1-2H3,(H,9,10);1H/t5-,6+;/m0./s1. The Kier molecular flexibility index (Phi) is 3.83. The Morgan fingerprint density at radius 2 is 2.18 bits per heavy atom. The second-order valence-electron chi connectivity index (χ2n) is 3.12. The molecular formula is C7H14ClNO2. The van der Waals surface area contributed by atoms with Gasteiger partial charge in [0.1, 0.15) is 0 Å². The molecular weight excluding hydrogens is 166 g/mol. The van der Waals surface area contributed by atoms with Crippen molar-refractivity contribution in [3.05, 3.63) is 0 Å². The molecule has 11 heavy (non-hydrogen) atoms. The Hall–Kier alpha value is -0.280. The quantitative estimate of drug-likeness (QED) is 0.698. The predicted octanol–water partition coefficient (Wildman–Crippen LogP) is 0.833. The van der Waals surface area contributed by atoms with Crippen LogP contribution in [0.15, 0.2) is 0 Å². The molecule has 0 unspecified atom stereocenters. The third-order valence-corrected chi connectivity index (χ3v) is 1.99. The van der Waals surface area contributed by atoms with Crippen LogP contribution < -0.4 is 0 Å². The summed E-state index contributed by atoms with van der Waals surface area (Å²) in [6.45, 7) is 0. The number of carboxylic acids is 1. The van der Waals surface area contributed by atoms with Crippen LogP contribution in [0.2, 0.25) is 0 Å². The number of aliphatic carboxylic acids is 1. The molecule has 0 aromatic heterocycles. The van der Waals surface area contributed by atoms with Gasteiger partial charge in [0.25, 0.3) is 0 Å². The number of hydrogen-bond donors (Lipinski definition) is 1. The summed E-state index contributed by atoms with van der Waals surface area (Å²) in [5.41, 5.74) is 0. The minimum absolute atomic E-state index is 0. The van der Waals surface area contributed by atoms with Crippen LogP contribution in [0.5, 0.6) is 0 Å². The normalized spacial score (nSPS) is 27.9. The van der Waals surface area contributed by atoms with Crippen molar-refractivity contribution in [1.82, 2.24) is 4.90 Å². The lowest BCUT2D eigenvalue weighted by atomic mass is 10.3. The van der Waals surface area contributed by atoms with Gasteiger partial charge in [-0.1, -0.05) is 0 Å². The van der Waals surface area contributed by atoms with E-state index in [4.69, 9.17) is 5.11 Å². The van der Waals surface area contributed by atoms with Gasteiger partial charge >= 0.3 is 5.97 Å². The molecule has 1 saturated carbocycles. The van der Waals surface area contributed by atoms with E-state index in [-0.39, 0.29) is 12.4 Å². The largest absolute Gasteiger partial charge is 0.481 e. The maximum Gasteiger partial charge on any atom is 0.303 e. The summed E-state index contributed by atoms with van der Waals surface area (Å²) in [5.74, 6) is -0.262. The van der Waals surface area contributed by atoms with Crippen LogP contribution in [0, 0.1) is 5.92 Å². The fraction of sp³-hybridized carbons (Fsp3) is 0.857. The minimum atomic E-state index is -0.672. The lowest BCUT2D eigenvalue weighted by Crippen LogP contribution is -2.16. The fourth-order valence-electron chi connectivity index (χ4n) is 1.31. The summed E-state index contributed by atoms with van der Waals surface area (Å²) in [6.07, 6.45) is 1.39. The highest BCUT2D eigenvalue weighted by molar-refractivity contribution is 5.85. The molecule has 1 aliphatic rings. The van der Waals surface area contributed by atoms with E-state index in [1.165, 1.54) is 0 Å². The van der Waals surface area contributed by atoms with Crippen LogP contribution in [0.3, 0.4) is 0 Å². The molecule has 1 N–H and O–H groups in total. The van der Waals surface area contributed by atoms with Crippen molar-refractivity contribution in [3.63, 3.8) is 0 Å². The third-order valence-electron chi connectivity index (χ3n) is 1.99. The van der Waals surface area contributed by atoms with E-state index in [9.17, 15) is 4.79 Å².